The fourth-order valence-electron chi connectivity index (χ4n) is 8.14. The maximum absolute atomic E-state index is 14.5. The van der Waals surface area contributed by atoms with Gasteiger partial charge in [0.1, 0.15) is 11.6 Å². The number of rotatable bonds is 7. The third-order valence-corrected chi connectivity index (χ3v) is 11.7. The fourth-order valence-corrected chi connectivity index (χ4v) is 8.45. The van der Waals surface area contributed by atoms with Crippen LogP contribution in [0.25, 0.3) is 11.0 Å². The molecule has 1 unspecified atom stereocenters. The Balaban J connectivity index is 0.897. The van der Waals surface area contributed by atoms with Gasteiger partial charge in [0.25, 0.3) is 11.8 Å². The number of amides is 3. The normalized spacial score (nSPS) is 17.9. The van der Waals surface area contributed by atoms with Gasteiger partial charge in [0.15, 0.2) is 0 Å². The van der Waals surface area contributed by atoms with Gasteiger partial charge in [-0.3, -0.25) is 28.4 Å². The lowest BCUT2D eigenvalue weighted by Gasteiger charge is -2.37. The number of likely N-dealkylation sites (tertiary alicyclic amines) is 2. The zero-order chi connectivity index (χ0) is 37.0. The Kier molecular flexibility index (Phi) is 9.42. The van der Waals surface area contributed by atoms with Crippen molar-refractivity contribution in [1.29, 1.82) is 0 Å². The molecule has 3 aliphatic rings. The molecule has 0 N–H and O–H groups in total. The maximum atomic E-state index is 14.5. The number of carbonyl (C=O) groups excluding carboxylic acids is 3. The second-order valence-electron chi connectivity index (χ2n) is 14.1. The molecule has 5 aromatic rings. The molecule has 10 nitrogen and oxygen atoms in total. The molecule has 2 saturated heterocycles. The predicted molar refractivity (Wildman–Crippen MR) is 201 cm³/mol. The average Bonchev–Trinajstić information content (AvgIpc) is 3.60. The Bertz CT molecular complexity index is 2290. The molecular weight excluding hydrogens is 718 g/mol. The van der Waals surface area contributed by atoms with Crippen LogP contribution in [0.2, 0.25) is 10.0 Å². The molecule has 0 spiro atoms. The van der Waals surface area contributed by atoms with Crippen molar-refractivity contribution in [2.24, 2.45) is 5.92 Å². The second-order valence-corrected chi connectivity index (χ2v) is 14.9. The number of pyridine rings is 1. The van der Waals surface area contributed by atoms with Crippen molar-refractivity contribution >= 4 is 57.8 Å². The molecule has 3 aromatic carbocycles. The van der Waals surface area contributed by atoms with Crippen molar-refractivity contribution < 1.29 is 18.8 Å². The van der Waals surface area contributed by atoms with E-state index in [1.54, 1.807) is 63.9 Å². The van der Waals surface area contributed by atoms with Crippen LogP contribution in [-0.4, -0.2) is 67.8 Å². The highest BCUT2D eigenvalue weighted by Crippen LogP contribution is 2.33. The third-order valence-electron chi connectivity index (χ3n) is 11.0. The van der Waals surface area contributed by atoms with Crippen molar-refractivity contribution in [1.82, 2.24) is 23.9 Å². The van der Waals surface area contributed by atoms with Crippen LogP contribution in [0.3, 0.4) is 0 Å². The summed E-state index contributed by atoms with van der Waals surface area (Å²) in [4.78, 5) is 63.4. The van der Waals surface area contributed by atoms with E-state index in [1.165, 1.54) is 12.1 Å². The van der Waals surface area contributed by atoms with Gasteiger partial charge in [0, 0.05) is 37.8 Å². The van der Waals surface area contributed by atoms with E-state index in [9.17, 15) is 23.6 Å². The van der Waals surface area contributed by atoms with Crippen LogP contribution in [0.15, 0.2) is 83.8 Å². The molecule has 0 bridgehead atoms. The Morgan fingerprint density at radius 3 is 2.21 bits per heavy atom. The number of carbonyl (C=O) groups is 3. The number of nitrogens with zero attached hydrogens (tertiary/aromatic N) is 6. The number of imidazole rings is 1. The summed E-state index contributed by atoms with van der Waals surface area (Å²) in [6, 6.07) is 19.6. The van der Waals surface area contributed by atoms with Crippen LogP contribution in [-0.2, 0) is 11.3 Å². The molecule has 5 heterocycles. The summed E-state index contributed by atoms with van der Waals surface area (Å²) < 4.78 is 17.9. The SMILES string of the molecule is CC(c1ccc(Cl)c(Cl)c1)n1c(=O)n(C2CCN(C(=O)C3CCN(Cc4ccnc(N5C(=O)c6ccccc6C5=O)c4)CC3)CC2)c2ccc(F)cc21. The zero-order valence-electron chi connectivity index (χ0n) is 29.1. The highest BCUT2D eigenvalue weighted by Gasteiger charge is 2.37. The Labute approximate surface area is 315 Å². The molecular formula is C40H37Cl2FN6O4. The summed E-state index contributed by atoms with van der Waals surface area (Å²) in [5.74, 6) is -0.811. The number of anilines is 1. The number of hydrogen-bond donors (Lipinski definition) is 0. The second kappa shape index (κ2) is 14.2. The lowest BCUT2D eigenvalue weighted by molar-refractivity contribution is -0.138. The Morgan fingerprint density at radius 1 is 0.830 bits per heavy atom. The lowest BCUT2D eigenvalue weighted by atomic mass is 9.93. The molecule has 8 rings (SSSR count). The number of fused-ring (bicyclic) bond motifs is 2. The van der Waals surface area contributed by atoms with Crippen molar-refractivity contribution in [3.05, 3.63) is 128 Å². The quantitative estimate of drug-likeness (QED) is 0.164. The summed E-state index contributed by atoms with van der Waals surface area (Å²) in [6.45, 7) is 5.03. The standard InChI is InChI=1S/C40H37Cl2FN6O4/c1-24(27-6-8-32(41)33(42)21-27)47-35-22-28(43)7-9-34(35)48(40(47)53)29-13-18-46(19-14-29)37(50)26-11-16-45(17-12-26)23-25-10-15-44-36(20-25)49-38(51)30-4-2-3-5-31(30)39(49)52/h2-10,15,20-22,24,26,29H,11-14,16-19,23H2,1H3. The first-order valence-corrected chi connectivity index (χ1v) is 18.7. The summed E-state index contributed by atoms with van der Waals surface area (Å²) in [5.41, 5.74) is 3.41. The van der Waals surface area contributed by atoms with Crippen molar-refractivity contribution in [3.8, 4) is 0 Å². The van der Waals surface area contributed by atoms with E-state index in [-0.39, 0.29) is 35.4 Å². The molecule has 1 atom stereocenters. The van der Waals surface area contributed by atoms with Crippen molar-refractivity contribution in [2.45, 2.75) is 51.2 Å². The number of benzene rings is 3. The van der Waals surface area contributed by atoms with Gasteiger partial charge < -0.3 is 4.90 Å². The lowest BCUT2D eigenvalue weighted by Crippen LogP contribution is -2.46. The van der Waals surface area contributed by atoms with Crippen LogP contribution in [0, 0.1) is 11.7 Å². The third kappa shape index (κ3) is 6.45. The summed E-state index contributed by atoms with van der Waals surface area (Å²) in [5, 5.41) is 0.796. The summed E-state index contributed by atoms with van der Waals surface area (Å²) in [6.07, 6.45) is 4.29. The van der Waals surface area contributed by atoms with Gasteiger partial charge in [-0.1, -0.05) is 41.4 Å². The van der Waals surface area contributed by atoms with Gasteiger partial charge in [-0.2, -0.15) is 0 Å². The van der Waals surface area contributed by atoms with Crippen molar-refractivity contribution in [3.63, 3.8) is 0 Å². The minimum atomic E-state index is -0.428. The minimum absolute atomic E-state index is 0.0891. The van der Waals surface area contributed by atoms with Gasteiger partial charge in [0.05, 0.1) is 38.2 Å². The fraction of sp³-hybridized carbons (Fsp3) is 0.325. The van der Waals surface area contributed by atoms with Crippen LogP contribution >= 0.6 is 23.2 Å². The molecule has 53 heavy (non-hydrogen) atoms. The van der Waals surface area contributed by atoms with E-state index in [2.05, 4.69) is 9.88 Å². The Hall–Kier alpha value is -4.84. The molecule has 3 aliphatic heterocycles. The molecule has 13 heteroatoms. The first-order chi connectivity index (χ1) is 25.6. The first kappa shape index (κ1) is 35.2. The first-order valence-electron chi connectivity index (χ1n) is 17.9. The molecule has 0 aliphatic carbocycles. The van der Waals surface area contributed by atoms with Crippen LogP contribution in [0.5, 0.6) is 0 Å². The largest absolute Gasteiger partial charge is 0.342 e. The predicted octanol–water partition coefficient (Wildman–Crippen LogP) is 7.13. The van der Waals surface area contributed by atoms with Crippen LogP contribution in [0.1, 0.15) is 76.5 Å². The molecule has 272 valence electrons. The van der Waals surface area contributed by atoms with E-state index in [0.717, 1.165) is 42.0 Å². The van der Waals surface area contributed by atoms with E-state index < -0.39 is 11.9 Å². The minimum Gasteiger partial charge on any atom is -0.342 e. The van der Waals surface area contributed by atoms with Crippen LogP contribution < -0.4 is 10.6 Å². The van der Waals surface area contributed by atoms with Crippen LogP contribution in [0.4, 0.5) is 10.2 Å². The Morgan fingerprint density at radius 2 is 1.53 bits per heavy atom. The van der Waals surface area contributed by atoms with Gasteiger partial charge >= 0.3 is 5.69 Å². The maximum Gasteiger partial charge on any atom is 0.329 e. The van der Waals surface area contributed by atoms with Gasteiger partial charge in [-0.25, -0.2) is 19.1 Å². The zero-order valence-corrected chi connectivity index (χ0v) is 30.6. The average molecular weight is 756 g/mol. The molecule has 2 aromatic heterocycles. The number of imide groups is 1. The molecule has 0 saturated carbocycles. The van der Waals surface area contributed by atoms with Gasteiger partial charge in [-0.15, -0.1) is 0 Å². The van der Waals surface area contributed by atoms with Gasteiger partial charge in [0.2, 0.25) is 5.91 Å². The van der Waals surface area contributed by atoms with E-state index in [0.29, 0.717) is 70.5 Å². The summed E-state index contributed by atoms with van der Waals surface area (Å²) >= 11 is 12.4. The number of aromatic nitrogens is 3. The van der Waals surface area contributed by atoms with Crippen molar-refractivity contribution in [2.75, 3.05) is 31.1 Å². The smallest absolute Gasteiger partial charge is 0.329 e. The van der Waals surface area contributed by atoms with E-state index in [1.807, 2.05) is 24.0 Å². The van der Waals surface area contributed by atoms with Gasteiger partial charge in [-0.05, 0) is 111 Å². The van der Waals surface area contributed by atoms with E-state index in [4.69, 9.17) is 23.2 Å². The monoisotopic (exact) mass is 754 g/mol. The number of hydrogen-bond acceptors (Lipinski definition) is 6. The molecule has 0 radical (unpaired) electrons. The highest BCUT2D eigenvalue weighted by molar-refractivity contribution is 6.42. The number of halogens is 3. The molecule has 3 amide bonds. The molecule has 2 fully saturated rings. The summed E-state index contributed by atoms with van der Waals surface area (Å²) in [7, 11) is 0. The number of piperidine rings is 2. The topological polar surface area (TPSA) is 101 Å². The van der Waals surface area contributed by atoms with E-state index >= 15 is 0 Å². The highest BCUT2D eigenvalue weighted by atomic mass is 35.5.